The molecule has 0 bridgehead atoms. The van der Waals surface area contributed by atoms with Crippen molar-refractivity contribution in [2.45, 2.75) is 6.92 Å². The summed E-state index contributed by atoms with van der Waals surface area (Å²) in [5.74, 6) is 0.0396. The molecule has 0 saturated carbocycles. The summed E-state index contributed by atoms with van der Waals surface area (Å²) in [6.45, 7) is 6.16. The summed E-state index contributed by atoms with van der Waals surface area (Å²) in [7, 11) is 0. The topological polar surface area (TPSA) is 32.8 Å². The fraction of sp³-hybridized carbons (Fsp3) is 0.350. The number of carbonyl (C=O) groups is 1. The Bertz CT molecular complexity index is 727. The highest BCUT2D eigenvalue weighted by molar-refractivity contribution is 5.94. The van der Waals surface area contributed by atoms with Crippen LogP contribution in [0.5, 0.6) is 5.75 Å². The van der Waals surface area contributed by atoms with Gasteiger partial charge in [-0.2, -0.15) is 0 Å². The number of piperazine rings is 1. The molecule has 4 nitrogen and oxygen atoms in total. The third-order valence-electron chi connectivity index (χ3n) is 4.43. The van der Waals surface area contributed by atoms with Crippen molar-refractivity contribution in [3.05, 3.63) is 65.5 Å². The van der Waals surface area contributed by atoms with Crippen LogP contribution >= 0.6 is 0 Å². The highest BCUT2D eigenvalue weighted by Gasteiger charge is 2.22. The van der Waals surface area contributed by atoms with E-state index < -0.39 is 0 Å². The van der Waals surface area contributed by atoms with Gasteiger partial charge < -0.3 is 9.64 Å². The van der Waals surface area contributed by atoms with Crippen molar-refractivity contribution in [2.75, 3.05) is 39.3 Å². The molecule has 0 N–H and O–H groups in total. The summed E-state index contributed by atoms with van der Waals surface area (Å²) in [6, 6.07) is 14.1. The van der Waals surface area contributed by atoms with Crippen LogP contribution in [0.1, 0.15) is 15.9 Å². The smallest absolute Gasteiger partial charge is 0.253 e. The molecule has 1 amide bonds. The van der Waals surface area contributed by atoms with Crippen LogP contribution in [0.2, 0.25) is 0 Å². The Morgan fingerprint density at radius 2 is 1.84 bits per heavy atom. The van der Waals surface area contributed by atoms with Crippen LogP contribution in [0.25, 0.3) is 0 Å². The van der Waals surface area contributed by atoms with Gasteiger partial charge in [0.05, 0.1) is 0 Å². The second kappa shape index (κ2) is 8.12. The lowest BCUT2D eigenvalue weighted by atomic mass is 10.1. The van der Waals surface area contributed by atoms with Crippen LogP contribution in [0.15, 0.2) is 48.5 Å². The number of halogens is 1. The third kappa shape index (κ3) is 4.57. The molecule has 0 unspecified atom stereocenters. The molecule has 0 radical (unpaired) electrons. The van der Waals surface area contributed by atoms with E-state index in [2.05, 4.69) is 4.90 Å². The van der Waals surface area contributed by atoms with Crippen molar-refractivity contribution >= 4 is 5.91 Å². The number of aryl methyl sites for hydroxylation is 1. The summed E-state index contributed by atoms with van der Waals surface area (Å²) in [6.07, 6.45) is 0. The fourth-order valence-corrected chi connectivity index (χ4v) is 2.98. The maximum atomic E-state index is 13.5. The van der Waals surface area contributed by atoms with E-state index in [0.717, 1.165) is 30.8 Å². The van der Waals surface area contributed by atoms with Crippen LogP contribution in [-0.4, -0.2) is 55.0 Å². The Labute approximate surface area is 147 Å². The minimum Gasteiger partial charge on any atom is -0.489 e. The van der Waals surface area contributed by atoms with Gasteiger partial charge in [-0.25, -0.2) is 4.39 Å². The van der Waals surface area contributed by atoms with Gasteiger partial charge in [0, 0.05) is 38.3 Å². The molecule has 1 heterocycles. The Balaban J connectivity index is 1.44. The molecule has 2 aromatic carbocycles. The van der Waals surface area contributed by atoms with Gasteiger partial charge in [0.2, 0.25) is 0 Å². The molecule has 1 fully saturated rings. The first kappa shape index (κ1) is 17.4. The number of hydrogen-bond donors (Lipinski definition) is 0. The van der Waals surface area contributed by atoms with Gasteiger partial charge in [-0.15, -0.1) is 0 Å². The average molecular weight is 342 g/mol. The van der Waals surface area contributed by atoms with E-state index in [0.29, 0.717) is 19.7 Å². The molecular formula is C20H23FN2O2. The van der Waals surface area contributed by atoms with E-state index in [1.54, 1.807) is 18.2 Å². The molecule has 0 aliphatic carbocycles. The molecule has 132 valence electrons. The lowest BCUT2D eigenvalue weighted by Crippen LogP contribution is -2.49. The van der Waals surface area contributed by atoms with Crippen LogP contribution in [0.3, 0.4) is 0 Å². The maximum absolute atomic E-state index is 13.5. The summed E-state index contributed by atoms with van der Waals surface area (Å²) >= 11 is 0. The maximum Gasteiger partial charge on any atom is 0.253 e. The van der Waals surface area contributed by atoms with E-state index in [4.69, 9.17) is 4.74 Å². The molecule has 0 spiro atoms. The minimum absolute atomic E-state index is 0.0888. The predicted molar refractivity (Wildman–Crippen MR) is 95.4 cm³/mol. The van der Waals surface area contributed by atoms with Crippen molar-refractivity contribution in [1.82, 2.24) is 9.80 Å². The second-order valence-corrected chi connectivity index (χ2v) is 6.28. The molecular weight excluding hydrogens is 319 g/mol. The minimum atomic E-state index is -0.337. The van der Waals surface area contributed by atoms with E-state index >= 15 is 0 Å². The number of benzene rings is 2. The molecule has 3 rings (SSSR count). The molecule has 0 aromatic heterocycles. The van der Waals surface area contributed by atoms with Crippen LogP contribution in [-0.2, 0) is 0 Å². The van der Waals surface area contributed by atoms with Crippen molar-refractivity contribution in [3.8, 4) is 5.75 Å². The molecule has 2 aromatic rings. The van der Waals surface area contributed by atoms with Crippen LogP contribution in [0, 0.1) is 12.7 Å². The number of nitrogens with zero attached hydrogens (tertiary/aromatic N) is 2. The summed E-state index contributed by atoms with van der Waals surface area (Å²) in [5.41, 5.74) is 1.84. The Kier molecular flexibility index (Phi) is 5.66. The third-order valence-corrected chi connectivity index (χ3v) is 4.43. The standard InChI is InChI=1S/C20H23FN2O2/c1-16-5-4-6-17(15-16)20(24)23-11-9-22(10-12-23)13-14-25-19-8-3-2-7-18(19)21/h2-8,15H,9-14H2,1H3. The number of hydrogen-bond acceptors (Lipinski definition) is 3. The second-order valence-electron chi connectivity index (χ2n) is 6.28. The molecule has 1 aliphatic heterocycles. The normalized spacial score (nSPS) is 15.2. The monoisotopic (exact) mass is 342 g/mol. The first-order valence-electron chi connectivity index (χ1n) is 8.59. The number of amides is 1. The first-order chi connectivity index (χ1) is 12.1. The molecule has 25 heavy (non-hydrogen) atoms. The predicted octanol–water partition coefficient (Wildman–Crippen LogP) is 2.97. The number of rotatable bonds is 5. The van der Waals surface area contributed by atoms with E-state index in [1.165, 1.54) is 6.07 Å². The summed E-state index contributed by atoms with van der Waals surface area (Å²) in [4.78, 5) is 16.7. The molecule has 1 saturated heterocycles. The van der Waals surface area contributed by atoms with E-state index in [9.17, 15) is 9.18 Å². The Morgan fingerprint density at radius 3 is 2.56 bits per heavy atom. The van der Waals surface area contributed by atoms with Crippen molar-refractivity contribution in [3.63, 3.8) is 0 Å². The van der Waals surface area contributed by atoms with Crippen molar-refractivity contribution in [1.29, 1.82) is 0 Å². The molecule has 5 heteroatoms. The van der Waals surface area contributed by atoms with Gasteiger partial charge >= 0.3 is 0 Å². The van der Waals surface area contributed by atoms with E-state index in [1.807, 2.05) is 36.1 Å². The summed E-state index contributed by atoms with van der Waals surface area (Å²) < 4.78 is 19.0. The zero-order valence-electron chi connectivity index (χ0n) is 14.5. The highest BCUT2D eigenvalue weighted by Crippen LogP contribution is 2.15. The lowest BCUT2D eigenvalue weighted by Gasteiger charge is -2.34. The fourth-order valence-electron chi connectivity index (χ4n) is 2.98. The molecule has 0 atom stereocenters. The van der Waals surface area contributed by atoms with E-state index in [-0.39, 0.29) is 17.5 Å². The van der Waals surface area contributed by atoms with Gasteiger partial charge in [-0.3, -0.25) is 9.69 Å². The number of carbonyl (C=O) groups excluding carboxylic acids is 1. The van der Waals surface area contributed by atoms with Gasteiger partial charge in [0.1, 0.15) is 6.61 Å². The highest BCUT2D eigenvalue weighted by atomic mass is 19.1. The van der Waals surface area contributed by atoms with Gasteiger partial charge in [0.15, 0.2) is 11.6 Å². The zero-order chi connectivity index (χ0) is 17.6. The van der Waals surface area contributed by atoms with Gasteiger partial charge in [-0.1, -0.05) is 29.8 Å². The largest absolute Gasteiger partial charge is 0.489 e. The quantitative estimate of drug-likeness (QED) is 0.837. The van der Waals surface area contributed by atoms with Crippen LogP contribution < -0.4 is 4.74 Å². The number of ether oxygens (including phenoxy) is 1. The van der Waals surface area contributed by atoms with Crippen molar-refractivity contribution < 1.29 is 13.9 Å². The van der Waals surface area contributed by atoms with Crippen molar-refractivity contribution in [2.24, 2.45) is 0 Å². The van der Waals surface area contributed by atoms with Gasteiger partial charge in [-0.05, 0) is 31.2 Å². The van der Waals surface area contributed by atoms with Crippen LogP contribution in [0.4, 0.5) is 4.39 Å². The molecule has 1 aliphatic rings. The first-order valence-corrected chi connectivity index (χ1v) is 8.59. The SMILES string of the molecule is Cc1cccc(C(=O)N2CCN(CCOc3ccccc3F)CC2)c1. The zero-order valence-corrected chi connectivity index (χ0v) is 14.5. The Morgan fingerprint density at radius 1 is 1.08 bits per heavy atom. The Hall–Kier alpha value is -2.40. The van der Waals surface area contributed by atoms with Gasteiger partial charge in [0.25, 0.3) is 5.91 Å². The lowest BCUT2D eigenvalue weighted by molar-refractivity contribution is 0.0619. The summed E-state index contributed by atoms with van der Waals surface area (Å²) in [5, 5.41) is 0. The average Bonchev–Trinajstić information content (AvgIpc) is 2.63. The number of para-hydroxylation sites is 1.